The molecule has 118 valence electrons. The van der Waals surface area contributed by atoms with Crippen molar-refractivity contribution in [2.45, 2.75) is 46.2 Å². The maximum absolute atomic E-state index is 6.14. The molecule has 0 aromatic heterocycles. The molecule has 1 aromatic carbocycles. The zero-order valence-electron chi connectivity index (χ0n) is 13.7. The Morgan fingerprint density at radius 2 is 1.67 bits per heavy atom. The number of hydrogen-bond acceptors (Lipinski definition) is 4. The largest absolute Gasteiger partial charge is 0.490 e. The molecule has 1 aliphatic rings. The molecule has 0 spiro atoms. The summed E-state index contributed by atoms with van der Waals surface area (Å²) in [5.74, 6) is 1.72. The fraction of sp³-hybridized carbons (Fsp3) is 0.647. The van der Waals surface area contributed by atoms with E-state index in [1.165, 1.54) is 11.1 Å². The molecule has 1 aromatic rings. The van der Waals surface area contributed by atoms with Crippen molar-refractivity contribution in [2.75, 3.05) is 26.3 Å². The molecule has 0 fully saturated rings. The molecule has 0 saturated heterocycles. The zero-order chi connectivity index (χ0) is 15.5. The SMILES string of the molecule is CCOc1cc2c(cc1OCC)CN(CC(C)(C)N)CC2. The summed E-state index contributed by atoms with van der Waals surface area (Å²) in [5, 5.41) is 0. The van der Waals surface area contributed by atoms with Gasteiger partial charge in [0.05, 0.1) is 13.2 Å². The molecule has 0 aliphatic carbocycles. The molecule has 0 radical (unpaired) electrons. The van der Waals surface area contributed by atoms with E-state index in [9.17, 15) is 0 Å². The van der Waals surface area contributed by atoms with Crippen molar-refractivity contribution in [3.05, 3.63) is 23.3 Å². The van der Waals surface area contributed by atoms with Gasteiger partial charge >= 0.3 is 0 Å². The van der Waals surface area contributed by atoms with E-state index in [1.807, 2.05) is 13.8 Å². The molecular formula is C17H28N2O2. The van der Waals surface area contributed by atoms with Crippen LogP contribution in [0.5, 0.6) is 11.5 Å². The Labute approximate surface area is 128 Å². The van der Waals surface area contributed by atoms with Crippen molar-refractivity contribution >= 4 is 0 Å². The number of ether oxygens (including phenoxy) is 2. The van der Waals surface area contributed by atoms with E-state index in [1.54, 1.807) is 0 Å². The Hall–Kier alpha value is -1.26. The maximum Gasteiger partial charge on any atom is 0.161 e. The fourth-order valence-corrected chi connectivity index (χ4v) is 2.87. The van der Waals surface area contributed by atoms with E-state index in [0.29, 0.717) is 13.2 Å². The highest BCUT2D eigenvalue weighted by atomic mass is 16.5. The fourth-order valence-electron chi connectivity index (χ4n) is 2.87. The van der Waals surface area contributed by atoms with Gasteiger partial charge in [-0.2, -0.15) is 0 Å². The van der Waals surface area contributed by atoms with Crippen molar-refractivity contribution in [3.8, 4) is 11.5 Å². The molecule has 21 heavy (non-hydrogen) atoms. The topological polar surface area (TPSA) is 47.7 Å². The summed E-state index contributed by atoms with van der Waals surface area (Å²) >= 11 is 0. The smallest absolute Gasteiger partial charge is 0.161 e. The first kappa shape index (κ1) is 16.1. The Bertz CT molecular complexity index is 480. The average molecular weight is 292 g/mol. The molecule has 0 unspecified atom stereocenters. The summed E-state index contributed by atoms with van der Waals surface area (Å²) < 4.78 is 11.4. The lowest BCUT2D eigenvalue weighted by Crippen LogP contribution is -2.46. The predicted molar refractivity (Wildman–Crippen MR) is 86.0 cm³/mol. The van der Waals surface area contributed by atoms with Gasteiger partial charge in [0, 0.05) is 25.2 Å². The van der Waals surface area contributed by atoms with Gasteiger partial charge in [-0.15, -0.1) is 0 Å². The van der Waals surface area contributed by atoms with Crippen LogP contribution in [0.15, 0.2) is 12.1 Å². The molecule has 1 heterocycles. The number of nitrogens with two attached hydrogens (primary N) is 1. The predicted octanol–water partition coefficient (Wildman–Crippen LogP) is 2.58. The van der Waals surface area contributed by atoms with Crippen LogP contribution in [0.2, 0.25) is 0 Å². The lowest BCUT2D eigenvalue weighted by Gasteiger charge is -2.34. The van der Waals surface area contributed by atoms with Gasteiger partial charge in [0.2, 0.25) is 0 Å². The van der Waals surface area contributed by atoms with E-state index in [2.05, 4.69) is 30.9 Å². The Morgan fingerprint density at radius 3 is 2.19 bits per heavy atom. The normalized spacial score (nSPS) is 15.7. The quantitative estimate of drug-likeness (QED) is 0.875. The van der Waals surface area contributed by atoms with Crippen LogP contribution in [0.3, 0.4) is 0 Å². The lowest BCUT2D eigenvalue weighted by atomic mass is 9.97. The van der Waals surface area contributed by atoms with Gasteiger partial charge < -0.3 is 15.2 Å². The Balaban J connectivity index is 2.20. The van der Waals surface area contributed by atoms with Crippen molar-refractivity contribution in [1.82, 2.24) is 4.90 Å². The molecule has 0 saturated carbocycles. The lowest BCUT2D eigenvalue weighted by molar-refractivity contribution is 0.208. The highest BCUT2D eigenvalue weighted by Crippen LogP contribution is 2.34. The van der Waals surface area contributed by atoms with Gasteiger partial charge in [0.1, 0.15) is 0 Å². The highest BCUT2D eigenvalue weighted by molar-refractivity contribution is 5.48. The van der Waals surface area contributed by atoms with E-state index >= 15 is 0 Å². The summed E-state index contributed by atoms with van der Waals surface area (Å²) in [6.07, 6.45) is 1.04. The standard InChI is InChI=1S/C17H28N2O2/c1-5-20-15-9-13-7-8-19(12-17(3,4)18)11-14(13)10-16(15)21-6-2/h9-10H,5-8,11-12,18H2,1-4H3. The van der Waals surface area contributed by atoms with Crippen LogP contribution in [0.25, 0.3) is 0 Å². The number of benzene rings is 1. The van der Waals surface area contributed by atoms with E-state index in [4.69, 9.17) is 15.2 Å². The van der Waals surface area contributed by atoms with Gasteiger partial charge in [-0.3, -0.25) is 4.90 Å². The molecule has 4 heteroatoms. The van der Waals surface area contributed by atoms with Gasteiger partial charge in [-0.25, -0.2) is 0 Å². The number of nitrogens with zero attached hydrogens (tertiary/aromatic N) is 1. The second kappa shape index (κ2) is 6.67. The van der Waals surface area contributed by atoms with Crippen molar-refractivity contribution in [1.29, 1.82) is 0 Å². The molecule has 4 nitrogen and oxygen atoms in total. The van der Waals surface area contributed by atoms with E-state index < -0.39 is 0 Å². The molecule has 2 N–H and O–H groups in total. The number of hydrogen-bond donors (Lipinski definition) is 1. The van der Waals surface area contributed by atoms with Crippen molar-refractivity contribution in [3.63, 3.8) is 0 Å². The van der Waals surface area contributed by atoms with E-state index in [0.717, 1.165) is 37.6 Å². The summed E-state index contributed by atoms with van der Waals surface area (Å²) in [6.45, 7) is 12.3. The van der Waals surface area contributed by atoms with Gasteiger partial charge in [-0.1, -0.05) is 0 Å². The van der Waals surface area contributed by atoms with Crippen LogP contribution in [0, 0.1) is 0 Å². The first-order valence-electron chi connectivity index (χ1n) is 7.85. The maximum atomic E-state index is 6.14. The first-order valence-corrected chi connectivity index (χ1v) is 7.85. The molecule has 1 aliphatic heterocycles. The molecule has 0 amide bonds. The van der Waals surface area contributed by atoms with Gasteiger partial charge in [-0.05, 0) is 57.4 Å². The average Bonchev–Trinajstić information content (AvgIpc) is 2.38. The summed E-state index contributed by atoms with van der Waals surface area (Å²) in [7, 11) is 0. The molecule has 2 rings (SSSR count). The van der Waals surface area contributed by atoms with Gasteiger partial charge in [0.15, 0.2) is 11.5 Å². The van der Waals surface area contributed by atoms with Crippen LogP contribution in [0.1, 0.15) is 38.8 Å². The van der Waals surface area contributed by atoms with Crippen molar-refractivity contribution in [2.24, 2.45) is 5.73 Å². The van der Waals surface area contributed by atoms with E-state index in [-0.39, 0.29) is 5.54 Å². The second-order valence-corrected chi connectivity index (χ2v) is 6.38. The molecule has 0 atom stereocenters. The third-order valence-electron chi connectivity index (χ3n) is 3.59. The first-order chi connectivity index (χ1) is 9.93. The van der Waals surface area contributed by atoms with Crippen molar-refractivity contribution < 1.29 is 9.47 Å². The molecule has 0 bridgehead atoms. The minimum atomic E-state index is -0.161. The van der Waals surface area contributed by atoms with Crippen LogP contribution in [-0.4, -0.2) is 36.7 Å². The zero-order valence-corrected chi connectivity index (χ0v) is 13.7. The third kappa shape index (κ3) is 4.35. The van der Waals surface area contributed by atoms with Gasteiger partial charge in [0.25, 0.3) is 0 Å². The number of fused-ring (bicyclic) bond motifs is 1. The Kier molecular flexibility index (Phi) is 5.12. The van der Waals surface area contributed by atoms with Crippen LogP contribution in [0.4, 0.5) is 0 Å². The minimum absolute atomic E-state index is 0.161. The summed E-state index contributed by atoms with van der Waals surface area (Å²) in [6, 6.07) is 4.29. The summed E-state index contributed by atoms with van der Waals surface area (Å²) in [4.78, 5) is 2.42. The number of rotatable bonds is 6. The molecular weight excluding hydrogens is 264 g/mol. The third-order valence-corrected chi connectivity index (χ3v) is 3.59. The highest BCUT2D eigenvalue weighted by Gasteiger charge is 2.23. The second-order valence-electron chi connectivity index (χ2n) is 6.38. The summed E-state index contributed by atoms with van der Waals surface area (Å²) in [5.41, 5.74) is 8.68. The van der Waals surface area contributed by atoms with Crippen LogP contribution < -0.4 is 15.2 Å². The van der Waals surface area contributed by atoms with Crippen LogP contribution in [-0.2, 0) is 13.0 Å². The minimum Gasteiger partial charge on any atom is -0.490 e. The monoisotopic (exact) mass is 292 g/mol. The van der Waals surface area contributed by atoms with Crippen LogP contribution >= 0.6 is 0 Å². The Morgan fingerprint density at radius 1 is 1.10 bits per heavy atom.